The number of rotatable bonds is 4. The first-order chi connectivity index (χ1) is 17.5. The molecule has 192 valence electrons. The molecule has 5 rings (SSSR count). The first-order valence-electron chi connectivity index (χ1n) is 11.2. The lowest BCUT2D eigenvalue weighted by Crippen LogP contribution is -2.31. The van der Waals surface area contributed by atoms with Crippen LogP contribution in [0.2, 0.25) is 0 Å². The Balaban J connectivity index is 1.48. The molecule has 0 saturated carbocycles. The zero-order chi connectivity index (χ0) is 26.5. The highest BCUT2D eigenvalue weighted by Gasteiger charge is 2.37. The maximum Gasteiger partial charge on any atom is 0.417 e. The number of benzene rings is 2. The Morgan fingerprint density at radius 2 is 1.89 bits per heavy atom. The van der Waals surface area contributed by atoms with E-state index in [0.717, 1.165) is 34.1 Å². The molecular weight excluding hydrogens is 499 g/mol. The number of carbonyl (C=O) groups is 1. The normalized spacial score (nSPS) is 17.5. The maximum absolute atomic E-state index is 13.9. The van der Waals surface area contributed by atoms with Gasteiger partial charge in [0.15, 0.2) is 0 Å². The van der Waals surface area contributed by atoms with E-state index in [-0.39, 0.29) is 29.1 Å². The average Bonchev–Trinajstić information content (AvgIpc) is 3.27. The third-order valence-corrected chi connectivity index (χ3v) is 6.22. The predicted molar refractivity (Wildman–Crippen MR) is 125 cm³/mol. The van der Waals surface area contributed by atoms with Crippen LogP contribution >= 0.6 is 0 Å². The van der Waals surface area contributed by atoms with E-state index in [0.29, 0.717) is 6.07 Å². The second-order valence-electron chi connectivity index (χ2n) is 8.74. The van der Waals surface area contributed by atoms with Crippen LogP contribution in [0, 0.1) is 6.92 Å². The first-order valence-corrected chi connectivity index (χ1v) is 11.2. The summed E-state index contributed by atoms with van der Waals surface area (Å²) in [5.74, 6) is -0.695. The SMILES string of the molecule is Cc1ccc([C@H]2C[C@@H](C(F)F)n3ncc(C(=O)Nc4ccc5oc(=O)cc(C(F)(F)F)c5c4)c3N2)cc1. The number of anilines is 2. The molecule has 7 nitrogen and oxygen atoms in total. The van der Waals surface area contributed by atoms with Crippen molar-refractivity contribution in [1.82, 2.24) is 9.78 Å². The summed E-state index contributed by atoms with van der Waals surface area (Å²) in [7, 11) is 0. The van der Waals surface area contributed by atoms with Crippen molar-refractivity contribution in [2.24, 2.45) is 0 Å². The Bertz CT molecular complexity index is 1540. The lowest BCUT2D eigenvalue weighted by Gasteiger charge is -2.32. The maximum atomic E-state index is 13.9. The summed E-state index contributed by atoms with van der Waals surface area (Å²) >= 11 is 0. The van der Waals surface area contributed by atoms with E-state index in [1.54, 1.807) is 0 Å². The number of nitrogens with one attached hydrogen (secondary N) is 2. The molecule has 0 spiro atoms. The number of aromatic nitrogens is 2. The summed E-state index contributed by atoms with van der Waals surface area (Å²) in [5.41, 5.74) is -0.996. The highest BCUT2D eigenvalue weighted by Crippen LogP contribution is 2.40. The number of aryl methyl sites for hydroxylation is 1. The summed E-state index contributed by atoms with van der Waals surface area (Å²) in [6.45, 7) is 1.90. The molecule has 0 radical (unpaired) electrons. The van der Waals surface area contributed by atoms with Crippen molar-refractivity contribution in [3.8, 4) is 0 Å². The number of fused-ring (bicyclic) bond motifs is 2. The van der Waals surface area contributed by atoms with Gasteiger partial charge in [0.2, 0.25) is 0 Å². The van der Waals surface area contributed by atoms with Gasteiger partial charge < -0.3 is 15.1 Å². The summed E-state index contributed by atoms with van der Waals surface area (Å²) < 4.78 is 74.1. The molecule has 12 heteroatoms. The molecule has 0 aliphatic carbocycles. The summed E-state index contributed by atoms with van der Waals surface area (Å²) in [6, 6.07) is 9.28. The fourth-order valence-electron chi connectivity index (χ4n) is 4.39. The molecule has 2 N–H and O–H groups in total. The summed E-state index contributed by atoms with van der Waals surface area (Å²) in [5, 5.41) is 9.15. The number of halogens is 5. The van der Waals surface area contributed by atoms with Gasteiger partial charge in [-0.1, -0.05) is 29.8 Å². The third kappa shape index (κ3) is 4.66. The molecule has 1 amide bonds. The van der Waals surface area contributed by atoms with Crippen molar-refractivity contribution in [3.05, 3.63) is 87.4 Å². The summed E-state index contributed by atoms with van der Waals surface area (Å²) in [6.07, 6.45) is -6.42. The molecular formula is C25H19F5N4O3. The Morgan fingerprint density at radius 3 is 2.57 bits per heavy atom. The van der Waals surface area contributed by atoms with Gasteiger partial charge in [-0.25, -0.2) is 18.3 Å². The van der Waals surface area contributed by atoms with Crippen LogP contribution in [-0.2, 0) is 6.18 Å². The van der Waals surface area contributed by atoms with E-state index in [2.05, 4.69) is 15.7 Å². The Labute approximate surface area is 205 Å². The second kappa shape index (κ2) is 9.02. The average molecular weight is 518 g/mol. The fourth-order valence-corrected chi connectivity index (χ4v) is 4.39. The van der Waals surface area contributed by atoms with E-state index < -0.39 is 47.2 Å². The Morgan fingerprint density at radius 1 is 1.16 bits per heavy atom. The van der Waals surface area contributed by atoms with Crippen molar-refractivity contribution >= 4 is 28.4 Å². The Kier molecular flexibility index (Phi) is 5.97. The number of alkyl halides is 5. The highest BCUT2D eigenvalue weighted by molar-refractivity contribution is 6.08. The molecule has 3 heterocycles. The van der Waals surface area contributed by atoms with Gasteiger partial charge in [0.1, 0.15) is 23.0 Å². The van der Waals surface area contributed by atoms with Gasteiger partial charge in [0.25, 0.3) is 12.3 Å². The molecule has 0 unspecified atom stereocenters. The zero-order valence-corrected chi connectivity index (χ0v) is 19.1. The third-order valence-electron chi connectivity index (χ3n) is 6.22. The van der Waals surface area contributed by atoms with Crippen LogP contribution in [0.1, 0.15) is 45.6 Å². The van der Waals surface area contributed by atoms with Crippen molar-refractivity contribution in [2.75, 3.05) is 10.6 Å². The molecule has 0 fully saturated rings. The van der Waals surface area contributed by atoms with Crippen LogP contribution in [0.5, 0.6) is 0 Å². The minimum atomic E-state index is -4.83. The first kappa shape index (κ1) is 24.5. The molecule has 37 heavy (non-hydrogen) atoms. The molecule has 1 aliphatic heterocycles. The van der Waals surface area contributed by atoms with Gasteiger partial charge in [-0.2, -0.15) is 18.3 Å². The van der Waals surface area contributed by atoms with Crippen molar-refractivity contribution < 1.29 is 31.2 Å². The number of hydrogen-bond donors (Lipinski definition) is 2. The van der Waals surface area contributed by atoms with Crippen LogP contribution in [0.25, 0.3) is 11.0 Å². The highest BCUT2D eigenvalue weighted by atomic mass is 19.4. The van der Waals surface area contributed by atoms with Crippen molar-refractivity contribution in [1.29, 1.82) is 0 Å². The van der Waals surface area contributed by atoms with E-state index in [1.807, 2.05) is 31.2 Å². The van der Waals surface area contributed by atoms with Gasteiger partial charge in [-0.05, 0) is 37.1 Å². The van der Waals surface area contributed by atoms with Gasteiger partial charge in [0, 0.05) is 17.1 Å². The van der Waals surface area contributed by atoms with E-state index in [1.165, 1.54) is 6.07 Å². The molecule has 2 aromatic heterocycles. The zero-order valence-electron chi connectivity index (χ0n) is 19.1. The fraction of sp³-hybridized carbons (Fsp3) is 0.240. The molecule has 1 aliphatic rings. The number of amides is 1. The van der Waals surface area contributed by atoms with Crippen LogP contribution < -0.4 is 16.3 Å². The largest absolute Gasteiger partial charge is 0.423 e. The summed E-state index contributed by atoms with van der Waals surface area (Å²) in [4.78, 5) is 24.6. The van der Waals surface area contributed by atoms with E-state index >= 15 is 0 Å². The second-order valence-corrected chi connectivity index (χ2v) is 8.74. The smallest absolute Gasteiger partial charge is 0.417 e. The van der Waals surface area contributed by atoms with Gasteiger partial charge in [0.05, 0.1) is 17.8 Å². The molecule has 0 bridgehead atoms. The monoisotopic (exact) mass is 518 g/mol. The van der Waals surface area contributed by atoms with E-state index in [4.69, 9.17) is 4.42 Å². The number of carbonyl (C=O) groups excluding carboxylic acids is 1. The Hall–Kier alpha value is -4.22. The quantitative estimate of drug-likeness (QED) is 0.258. The van der Waals surface area contributed by atoms with Gasteiger partial charge in [-0.3, -0.25) is 4.79 Å². The van der Waals surface area contributed by atoms with Gasteiger partial charge >= 0.3 is 11.8 Å². The molecule has 4 aromatic rings. The lowest BCUT2D eigenvalue weighted by molar-refractivity contribution is -0.136. The van der Waals surface area contributed by atoms with Crippen LogP contribution in [-0.4, -0.2) is 22.1 Å². The van der Waals surface area contributed by atoms with Crippen molar-refractivity contribution in [3.63, 3.8) is 0 Å². The molecule has 2 atom stereocenters. The van der Waals surface area contributed by atoms with Crippen LogP contribution in [0.15, 0.2) is 63.9 Å². The van der Waals surface area contributed by atoms with Crippen molar-refractivity contribution in [2.45, 2.75) is 38.0 Å². The minimum Gasteiger partial charge on any atom is -0.423 e. The molecule has 0 saturated heterocycles. The number of nitrogens with zero attached hydrogens (tertiary/aromatic N) is 2. The topological polar surface area (TPSA) is 89.2 Å². The van der Waals surface area contributed by atoms with E-state index in [9.17, 15) is 31.5 Å². The molecule has 2 aromatic carbocycles. The minimum absolute atomic E-state index is 0.0203. The van der Waals surface area contributed by atoms with Gasteiger partial charge in [-0.15, -0.1) is 0 Å². The number of hydrogen-bond acceptors (Lipinski definition) is 5. The standard InChI is InChI=1S/C25H19F5N4O3/c1-12-2-4-13(5-3-12)18-10-19(22(26)27)34-23(33-18)16(11-31-34)24(36)32-14-6-7-20-15(8-14)17(25(28,29)30)9-21(35)37-20/h2-9,11,18-19,22,33H,10H2,1H3,(H,32,36)/t18-,19+/m1/s1. The lowest BCUT2D eigenvalue weighted by atomic mass is 9.96. The van der Waals surface area contributed by atoms with Crippen LogP contribution in [0.4, 0.5) is 33.5 Å². The van der Waals surface area contributed by atoms with Crippen LogP contribution in [0.3, 0.4) is 0 Å². The predicted octanol–water partition coefficient (Wildman–Crippen LogP) is 5.93.